The Hall–Kier alpha value is -0.320. The Kier molecular flexibility index (Phi) is 5.92. The molecule has 0 radical (unpaired) electrons. The highest BCUT2D eigenvalue weighted by molar-refractivity contribution is 9.10. The van der Waals surface area contributed by atoms with E-state index < -0.39 is 0 Å². The Labute approximate surface area is 128 Å². The number of ketones is 1. The summed E-state index contributed by atoms with van der Waals surface area (Å²) >= 11 is 5.46. The summed E-state index contributed by atoms with van der Waals surface area (Å²) in [4.78, 5) is 14.5. The number of Topliss-reactive ketones (excluding diaryl/α,β-unsaturated/α-hetero) is 1. The minimum Gasteiger partial charge on any atom is -0.301 e. The zero-order valence-corrected chi connectivity index (χ0v) is 13.7. The summed E-state index contributed by atoms with van der Waals surface area (Å²) in [6.45, 7) is 5.39. The normalized spacial score (nSPS) is 20.4. The number of halogens is 1. The van der Waals surface area contributed by atoms with E-state index in [4.69, 9.17) is 0 Å². The first-order chi connectivity index (χ1) is 9.19. The lowest BCUT2D eigenvalue weighted by Gasteiger charge is -2.31. The lowest BCUT2D eigenvalue weighted by atomic mass is 10.1. The monoisotopic (exact) mass is 341 g/mol. The SMILES string of the molecule is CCC1CN(CCC(=O)c2ccc(Br)cc2)CCS1. The maximum absolute atomic E-state index is 12.1. The van der Waals surface area contributed by atoms with Crippen molar-refractivity contribution in [2.75, 3.05) is 25.4 Å². The molecule has 0 bridgehead atoms. The molecule has 1 aliphatic rings. The molecular weight excluding hydrogens is 322 g/mol. The van der Waals surface area contributed by atoms with Crippen LogP contribution >= 0.6 is 27.7 Å². The lowest BCUT2D eigenvalue weighted by molar-refractivity contribution is 0.0964. The minimum absolute atomic E-state index is 0.249. The third-order valence-corrected chi connectivity index (χ3v) is 5.40. The molecular formula is C15H20BrNOS. The van der Waals surface area contributed by atoms with Gasteiger partial charge in [0.2, 0.25) is 0 Å². The van der Waals surface area contributed by atoms with Crippen LogP contribution in [-0.2, 0) is 0 Å². The number of hydrogen-bond acceptors (Lipinski definition) is 3. The van der Waals surface area contributed by atoms with Crippen LogP contribution in [0.4, 0.5) is 0 Å². The Morgan fingerprint density at radius 2 is 2.16 bits per heavy atom. The predicted molar refractivity (Wildman–Crippen MR) is 86.1 cm³/mol. The van der Waals surface area contributed by atoms with E-state index in [1.807, 2.05) is 24.3 Å². The van der Waals surface area contributed by atoms with Crippen molar-refractivity contribution in [1.82, 2.24) is 4.90 Å². The molecule has 0 N–H and O–H groups in total. The molecule has 2 nitrogen and oxygen atoms in total. The molecule has 104 valence electrons. The van der Waals surface area contributed by atoms with Gasteiger partial charge in [-0.1, -0.05) is 35.0 Å². The number of carbonyl (C=O) groups excluding carboxylic acids is 1. The fourth-order valence-corrected chi connectivity index (χ4v) is 3.78. The van der Waals surface area contributed by atoms with Gasteiger partial charge in [-0.25, -0.2) is 0 Å². The summed E-state index contributed by atoms with van der Waals surface area (Å²) in [5.74, 6) is 1.45. The quantitative estimate of drug-likeness (QED) is 0.758. The number of carbonyl (C=O) groups is 1. The van der Waals surface area contributed by atoms with Crippen molar-refractivity contribution >= 4 is 33.5 Å². The molecule has 1 aromatic rings. The first-order valence-electron chi connectivity index (χ1n) is 6.81. The van der Waals surface area contributed by atoms with Gasteiger partial charge in [0, 0.05) is 47.1 Å². The van der Waals surface area contributed by atoms with Gasteiger partial charge < -0.3 is 4.90 Å². The number of hydrogen-bond donors (Lipinski definition) is 0. The van der Waals surface area contributed by atoms with Gasteiger partial charge in [-0.2, -0.15) is 11.8 Å². The van der Waals surface area contributed by atoms with Crippen LogP contribution in [0.15, 0.2) is 28.7 Å². The van der Waals surface area contributed by atoms with Crippen LogP contribution in [-0.4, -0.2) is 41.3 Å². The molecule has 1 fully saturated rings. The van der Waals surface area contributed by atoms with Gasteiger partial charge in [-0.05, 0) is 18.6 Å². The number of rotatable bonds is 5. The summed E-state index contributed by atoms with van der Waals surface area (Å²) in [5, 5.41) is 0.747. The van der Waals surface area contributed by atoms with Gasteiger partial charge in [0.25, 0.3) is 0 Å². The molecule has 0 aliphatic carbocycles. The lowest BCUT2D eigenvalue weighted by Crippen LogP contribution is -2.38. The van der Waals surface area contributed by atoms with Crippen molar-refractivity contribution < 1.29 is 4.79 Å². The Morgan fingerprint density at radius 1 is 1.42 bits per heavy atom. The average Bonchev–Trinajstić information content (AvgIpc) is 2.46. The molecule has 0 saturated carbocycles. The average molecular weight is 342 g/mol. The van der Waals surface area contributed by atoms with Gasteiger partial charge in [0.15, 0.2) is 5.78 Å². The van der Waals surface area contributed by atoms with Crippen molar-refractivity contribution in [3.63, 3.8) is 0 Å². The van der Waals surface area contributed by atoms with Gasteiger partial charge in [0.05, 0.1) is 0 Å². The van der Waals surface area contributed by atoms with Crippen LogP contribution < -0.4 is 0 Å². The van der Waals surface area contributed by atoms with Crippen LogP contribution in [0.2, 0.25) is 0 Å². The van der Waals surface area contributed by atoms with E-state index in [-0.39, 0.29) is 5.78 Å². The largest absolute Gasteiger partial charge is 0.301 e. The second kappa shape index (κ2) is 7.46. The highest BCUT2D eigenvalue weighted by Gasteiger charge is 2.19. The van der Waals surface area contributed by atoms with Gasteiger partial charge in [-0.15, -0.1) is 0 Å². The summed E-state index contributed by atoms with van der Waals surface area (Å²) in [5.41, 5.74) is 0.821. The first-order valence-corrected chi connectivity index (χ1v) is 8.66. The summed E-state index contributed by atoms with van der Waals surface area (Å²) in [7, 11) is 0. The van der Waals surface area contributed by atoms with Crippen molar-refractivity contribution in [3.05, 3.63) is 34.3 Å². The topological polar surface area (TPSA) is 20.3 Å². The second-order valence-electron chi connectivity index (χ2n) is 4.88. The minimum atomic E-state index is 0.249. The standard InChI is InChI=1S/C15H20BrNOS/c1-2-14-11-17(9-10-19-14)8-7-15(18)12-3-5-13(16)6-4-12/h3-6,14H,2,7-11H2,1H3. The first kappa shape index (κ1) is 15.1. The molecule has 1 saturated heterocycles. The Bertz CT molecular complexity index is 421. The van der Waals surface area contributed by atoms with Crippen molar-refractivity contribution in [2.24, 2.45) is 0 Å². The van der Waals surface area contributed by atoms with E-state index in [1.165, 1.54) is 12.2 Å². The molecule has 0 spiro atoms. The van der Waals surface area contributed by atoms with Crippen LogP contribution in [0.3, 0.4) is 0 Å². The molecule has 4 heteroatoms. The summed E-state index contributed by atoms with van der Waals surface area (Å²) < 4.78 is 1.02. The van der Waals surface area contributed by atoms with E-state index in [0.717, 1.165) is 34.9 Å². The van der Waals surface area contributed by atoms with E-state index in [1.54, 1.807) is 0 Å². The number of nitrogens with zero attached hydrogens (tertiary/aromatic N) is 1. The van der Waals surface area contributed by atoms with Gasteiger partial charge >= 0.3 is 0 Å². The van der Waals surface area contributed by atoms with Gasteiger partial charge in [0.1, 0.15) is 0 Å². The third-order valence-electron chi connectivity index (χ3n) is 3.50. The maximum atomic E-state index is 12.1. The molecule has 0 amide bonds. The van der Waals surface area contributed by atoms with Crippen molar-refractivity contribution in [1.29, 1.82) is 0 Å². The molecule has 1 aromatic carbocycles. The molecule has 1 aliphatic heterocycles. The molecule has 2 rings (SSSR count). The summed E-state index contributed by atoms with van der Waals surface area (Å²) in [6, 6.07) is 7.65. The van der Waals surface area contributed by atoms with Crippen molar-refractivity contribution in [2.45, 2.75) is 25.0 Å². The number of thioether (sulfide) groups is 1. The number of benzene rings is 1. The van der Waals surface area contributed by atoms with E-state index >= 15 is 0 Å². The van der Waals surface area contributed by atoms with Crippen LogP contribution in [0.1, 0.15) is 30.1 Å². The van der Waals surface area contributed by atoms with Crippen LogP contribution in [0.25, 0.3) is 0 Å². The third kappa shape index (κ3) is 4.62. The van der Waals surface area contributed by atoms with Gasteiger partial charge in [-0.3, -0.25) is 4.79 Å². The molecule has 1 atom stereocenters. The highest BCUT2D eigenvalue weighted by Crippen LogP contribution is 2.21. The smallest absolute Gasteiger partial charge is 0.164 e. The van der Waals surface area contributed by atoms with Crippen molar-refractivity contribution in [3.8, 4) is 0 Å². The molecule has 1 unspecified atom stereocenters. The highest BCUT2D eigenvalue weighted by atomic mass is 79.9. The predicted octanol–water partition coefficient (Wildman–Crippen LogP) is 3.85. The van der Waals surface area contributed by atoms with E-state index in [9.17, 15) is 4.79 Å². The Balaban J connectivity index is 1.81. The molecule has 0 aromatic heterocycles. The zero-order chi connectivity index (χ0) is 13.7. The van der Waals surface area contributed by atoms with E-state index in [2.05, 4.69) is 39.5 Å². The Morgan fingerprint density at radius 3 is 2.84 bits per heavy atom. The molecule has 1 heterocycles. The molecule has 19 heavy (non-hydrogen) atoms. The van der Waals surface area contributed by atoms with E-state index in [0.29, 0.717) is 6.42 Å². The van der Waals surface area contributed by atoms with Crippen LogP contribution in [0.5, 0.6) is 0 Å². The fourth-order valence-electron chi connectivity index (χ4n) is 2.27. The maximum Gasteiger partial charge on any atom is 0.164 e. The summed E-state index contributed by atoms with van der Waals surface area (Å²) in [6.07, 6.45) is 1.85. The zero-order valence-electron chi connectivity index (χ0n) is 11.3. The fraction of sp³-hybridized carbons (Fsp3) is 0.533. The second-order valence-corrected chi connectivity index (χ2v) is 7.21. The van der Waals surface area contributed by atoms with Crippen LogP contribution in [0, 0.1) is 0 Å².